The van der Waals surface area contributed by atoms with E-state index in [4.69, 9.17) is 4.74 Å². The van der Waals surface area contributed by atoms with E-state index in [1.165, 1.54) is 11.5 Å². The number of benzene rings is 1. The van der Waals surface area contributed by atoms with Gasteiger partial charge in [0, 0.05) is 18.8 Å². The van der Waals surface area contributed by atoms with Gasteiger partial charge in [0.15, 0.2) is 0 Å². The second kappa shape index (κ2) is 9.67. The summed E-state index contributed by atoms with van der Waals surface area (Å²) in [6.45, 7) is 1.91. The van der Waals surface area contributed by atoms with E-state index >= 15 is 0 Å². The Bertz CT molecular complexity index is 1160. The van der Waals surface area contributed by atoms with Crippen molar-refractivity contribution in [2.45, 2.75) is 13.0 Å². The molecule has 0 aliphatic heterocycles. The van der Waals surface area contributed by atoms with Gasteiger partial charge in [0.1, 0.15) is 11.5 Å². The molecule has 0 radical (unpaired) electrons. The van der Waals surface area contributed by atoms with Crippen LogP contribution in [0.15, 0.2) is 54.9 Å². The van der Waals surface area contributed by atoms with Gasteiger partial charge in [-0.2, -0.15) is 4.37 Å². The smallest absolute Gasteiger partial charge is 0.275 e. The van der Waals surface area contributed by atoms with E-state index in [-0.39, 0.29) is 5.91 Å². The number of carbonyl (C=O) groups excluding carboxylic acids is 1. The standard InChI is InChI=1S/C22H24N6O2S/c1-27(2)11-6-12-30-20-13-18(28(26-20)15-16-7-4-3-5-8-16)22(29)25-21-17-14-24-31-19(17)9-10-23-21/h3-5,7-10,13-14H,6,11-12,15H2,1-2H3,(H,23,25,29). The lowest BCUT2D eigenvalue weighted by molar-refractivity contribution is 0.101. The maximum atomic E-state index is 13.1. The molecule has 4 rings (SSSR count). The monoisotopic (exact) mass is 436 g/mol. The van der Waals surface area contributed by atoms with Crippen LogP contribution in [0.4, 0.5) is 5.82 Å². The maximum Gasteiger partial charge on any atom is 0.275 e. The molecule has 0 saturated carbocycles. The number of amides is 1. The lowest BCUT2D eigenvalue weighted by Crippen LogP contribution is -2.19. The Kier molecular flexibility index (Phi) is 6.54. The summed E-state index contributed by atoms with van der Waals surface area (Å²) in [5, 5.41) is 8.24. The number of ether oxygens (including phenoxy) is 1. The van der Waals surface area contributed by atoms with Crippen LogP contribution < -0.4 is 10.1 Å². The number of nitrogens with zero attached hydrogens (tertiary/aromatic N) is 5. The molecule has 0 fully saturated rings. The molecular formula is C22H24N6O2S. The summed E-state index contributed by atoms with van der Waals surface area (Å²) in [6, 6.07) is 13.4. The van der Waals surface area contributed by atoms with Crippen LogP contribution in [-0.4, -0.2) is 57.2 Å². The summed E-state index contributed by atoms with van der Waals surface area (Å²) in [5.74, 6) is 0.623. The van der Waals surface area contributed by atoms with Crippen molar-refractivity contribution in [2.75, 3.05) is 32.6 Å². The third-order valence-corrected chi connectivity index (χ3v) is 5.44. The van der Waals surface area contributed by atoms with Crippen LogP contribution in [-0.2, 0) is 6.54 Å². The summed E-state index contributed by atoms with van der Waals surface area (Å²) >= 11 is 1.36. The van der Waals surface area contributed by atoms with Crippen LogP contribution >= 0.6 is 11.5 Å². The van der Waals surface area contributed by atoms with Crippen molar-refractivity contribution >= 4 is 33.3 Å². The lowest BCUT2D eigenvalue weighted by atomic mass is 10.2. The van der Waals surface area contributed by atoms with Gasteiger partial charge in [0.25, 0.3) is 5.91 Å². The van der Waals surface area contributed by atoms with Gasteiger partial charge in [-0.1, -0.05) is 30.3 Å². The number of nitrogens with one attached hydrogen (secondary N) is 1. The highest BCUT2D eigenvalue weighted by Gasteiger charge is 2.18. The highest BCUT2D eigenvalue weighted by atomic mass is 32.1. The van der Waals surface area contributed by atoms with Gasteiger partial charge in [-0.15, -0.1) is 5.10 Å². The molecule has 1 N–H and O–H groups in total. The Morgan fingerprint density at radius 2 is 2.06 bits per heavy atom. The van der Waals surface area contributed by atoms with Crippen molar-refractivity contribution in [3.63, 3.8) is 0 Å². The van der Waals surface area contributed by atoms with Crippen LogP contribution in [0.2, 0.25) is 0 Å². The molecule has 1 aromatic carbocycles. The molecule has 0 saturated heterocycles. The quantitative estimate of drug-likeness (QED) is 0.404. The fourth-order valence-electron chi connectivity index (χ4n) is 3.15. The Morgan fingerprint density at radius 1 is 1.23 bits per heavy atom. The Balaban J connectivity index is 1.56. The molecule has 0 aliphatic carbocycles. The van der Waals surface area contributed by atoms with Gasteiger partial charge >= 0.3 is 0 Å². The summed E-state index contributed by atoms with van der Waals surface area (Å²) < 4.78 is 12.6. The van der Waals surface area contributed by atoms with Crippen LogP contribution in [0.1, 0.15) is 22.5 Å². The molecule has 1 amide bonds. The summed E-state index contributed by atoms with van der Waals surface area (Å²) in [7, 11) is 4.04. The van der Waals surface area contributed by atoms with E-state index in [0.29, 0.717) is 30.5 Å². The molecule has 160 valence electrons. The first-order valence-electron chi connectivity index (χ1n) is 10.00. The molecule has 0 bridgehead atoms. The second-order valence-electron chi connectivity index (χ2n) is 7.37. The predicted octanol–water partition coefficient (Wildman–Crippen LogP) is 3.52. The maximum absolute atomic E-state index is 13.1. The van der Waals surface area contributed by atoms with Crippen molar-refractivity contribution in [2.24, 2.45) is 0 Å². The zero-order valence-electron chi connectivity index (χ0n) is 17.5. The molecule has 3 aromatic heterocycles. The van der Waals surface area contributed by atoms with Gasteiger partial charge < -0.3 is 15.0 Å². The number of rotatable bonds is 9. The van der Waals surface area contributed by atoms with E-state index in [1.807, 2.05) is 50.5 Å². The number of hydrogen-bond acceptors (Lipinski definition) is 7. The summed E-state index contributed by atoms with van der Waals surface area (Å²) in [6.07, 6.45) is 4.25. The number of carbonyl (C=O) groups is 1. The van der Waals surface area contributed by atoms with E-state index in [9.17, 15) is 4.79 Å². The average Bonchev–Trinajstić information content (AvgIpc) is 3.39. The first-order valence-corrected chi connectivity index (χ1v) is 10.8. The molecule has 0 unspecified atom stereocenters. The van der Waals surface area contributed by atoms with Crippen LogP contribution in [0, 0.1) is 0 Å². The normalized spacial score (nSPS) is 11.2. The summed E-state index contributed by atoms with van der Waals surface area (Å²) in [5.41, 5.74) is 1.45. The minimum absolute atomic E-state index is 0.294. The molecule has 3 heterocycles. The minimum atomic E-state index is -0.294. The molecule has 31 heavy (non-hydrogen) atoms. The van der Waals surface area contributed by atoms with Crippen molar-refractivity contribution in [3.05, 3.63) is 66.1 Å². The second-order valence-corrected chi connectivity index (χ2v) is 8.20. The largest absolute Gasteiger partial charge is 0.477 e. The minimum Gasteiger partial charge on any atom is -0.477 e. The van der Waals surface area contributed by atoms with Gasteiger partial charge in [-0.05, 0) is 43.7 Å². The van der Waals surface area contributed by atoms with Gasteiger partial charge in [0.05, 0.1) is 29.4 Å². The Morgan fingerprint density at radius 3 is 2.87 bits per heavy atom. The third kappa shape index (κ3) is 5.25. The Hall–Kier alpha value is -3.30. The SMILES string of the molecule is CN(C)CCCOc1cc(C(=O)Nc2nccc3sncc23)n(Cc2ccccc2)n1. The van der Waals surface area contributed by atoms with E-state index in [1.54, 1.807) is 23.1 Å². The molecule has 8 nitrogen and oxygen atoms in total. The first kappa shape index (κ1) is 21.0. The van der Waals surface area contributed by atoms with E-state index < -0.39 is 0 Å². The third-order valence-electron chi connectivity index (χ3n) is 4.68. The molecule has 9 heteroatoms. The number of hydrogen-bond donors (Lipinski definition) is 1. The molecule has 4 aromatic rings. The van der Waals surface area contributed by atoms with Gasteiger partial charge in [0.2, 0.25) is 5.88 Å². The molecular weight excluding hydrogens is 412 g/mol. The molecule has 0 atom stereocenters. The summed E-state index contributed by atoms with van der Waals surface area (Å²) in [4.78, 5) is 19.5. The zero-order chi connectivity index (χ0) is 21.6. The zero-order valence-corrected chi connectivity index (χ0v) is 18.3. The number of pyridine rings is 1. The fraction of sp³-hybridized carbons (Fsp3) is 0.273. The highest BCUT2D eigenvalue weighted by molar-refractivity contribution is 7.13. The number of anilines is 1. The fourth-order valence-corrected chi connectivity index (χ4v) is 3.79. The first-order chi connectivity index (χ1) is 15.1. The topological polar surface area (TPSA) is 85.2 Å². The van der Waals surface area contributed by atoms with Crippen LogP contribution in [0.3, 0.4) is 0 Å². The van der Waals surface area contributed by atoms with Crippen LogP contribution in [0.5, 0.6) is 5.88 Å². The molecule has 0 aliphatic rings. The number of fused-ring (bicyclic) bond motifs is 1. The average molecular weight is 437 g/mol. The highest BCUT2D eigenvalue weighted by Crippen LogP contribution is 2.24. The van der Waals surface area contributed by atoms with Gasteiger partial charge in [-0.25, -0.2) is 4.98 Å². The Labute approximate surface area is 184 Å². The van der Waals surface area contributed by atoms with Crippen molar-refractivity contribution < 1.29 is 9.53 Å². The molecule has 0 spiro atoms. The lowest BCUT2D eigenvalue weighted by Gasteiger charge is -2.09. The van der Waals surface area contributed by atoms with Gasteiger partial charge in [-0.3, -0.25) is 9.48 Å². The van der Waals surface area contributed by atoms with Crippen LogP contribution in [0.25, 0.3) is 10.1 Å². The predicted molar refractivity (Wildman–Crippen MR) is 122 cm³/mol. The van der Waals surface area contributed by atoms with Crippen molar-refractivity contribution in [1.82, 2.24) is 24.0 Å². The van der Waals surface area contributed by atoms with E-state index in [2.05, 4.69) is 24.7 Å². The van der Waals surface area contributed by atoms with Crippen molar-refractivity contribution in [3.8, 4) is 5.88 Å². The number of aromatic nitrogens is 4. The van der Waals surface area contributed by atoms with Crippen molar-refractivity contribution in [1.29, 1.82) is 0 Å². The van der Waals surface area contributed by atoms with E-state index in [0.717, 1.165) is 28.6 Å².